The summed E-state index contributed by atoms with van der Waals surface area (Å²) in [7, 11) is 0. The van der Waals surface area contributed by atoms with Gasteiger partial charge in [0.2, 0.25) is 0 Å². The second-order valence-electron chi connectivity index (χ2n) is 5.94. The third-order valence-corrected chi connectivity index (χ3v) is 4.11. The molecule has 2 aromatic carbocycles. The summed E-state index contributed by atoms with van der Waals surface area (Å²) in [5.41, 5.74) is 2.91. The summed E-state index contributed by atoms with van der Waals surface area (Å²) in [4.78, 5) is 16.4. The maximum absolute atomic E-state index is 12.0. The SMILES string of the molecule is Cc1nc2cc(NC(=O)OCc3ccccc3)ccc2n1C(CO)CO. The molecule has 3 aromatic rings. The van der Waals surface area contributed by atoms with Crippen LogP contribution in [-0.2, 0) is 11.3 Å². The molecule has 3 rings (SSSR count). The zero-order valence-corrected chi connectivity index (χ0v) is 14.4. The molecular weight excluding hydrogens is 334 g/mol. The van der Waals surface area contributed by atoms with Gasteiger partial charge in [-0.2, -0.15) is 0 Å². The molecule has 7 nitrogen and oxygen atoms in total. The lowest BCUT2D eigenvalue weighted by molar-refractivity contribution is 0.155. The van der Waals surface area contributed by atoms with Crippen LogP contribution in [0.1, 0.15) is 17.4 Å². The predicted molar refractivity (Wildman–Crippen MR) is 97.9 cm³/mol. The Bertz CT molecular complexity index is 888. The van der Waals surface area contributed by atoms with E-state index in [-0.39, 0.29) is 19.8 Å². The van der Waals surface area contributed by atoms with Crippen LogP contribution in [0.4, 0.5) is 10.5 Å². The van der Waals surface area contributed by atoms with Gasteiger partial charge in [-0.1, -0.05) is 30.3 Å². The minimum atomic E-state index is -0.548. The Balaban J connectivity index is 1.72. The van der Waals surface area contributed by atoms with Crippen molar-refractivity contribution in [3.63, 3.8) is 0 Å². The summed E-state index contributed by atoms with van der Waals surface area (Å²) < 4.78 is 6.99. The number of aryl methyl sites for hydroxylation is 1. The van der Waals surface area contributed by atoms with Gasteiger partial charge in [-0.25, -0.2) is 9.78 Å². The summed E-state index contributed by atoms with van der Waals surface area (Å²) in [5.74, 6) is 0.678. The van der Waals surface area contributed by atoms with Gasteiger partial charge in [0.15, 0.2) is 0 Å². The van der Waals surface area contributed by atoms with Gasteiger partial charge in [0, 0.05) is 5.69 Å². The van der Waals surface area contributed by atoms with Crippen molar-refractivity contribution in [1.29, 1.82) is 0 Å². The number of nitrogens with zero attached hydrogens (tertiary/aromatic N) is 2. The monoisotopic (exact) mass is 355 g/mol. The lowest BCUT2D eigenvalue weighted by Crippen LogP contribution is -2.18. The molecule has 136 valence electrons. The molecule has 0 saturated heterocycles. The van der Waals surface area contributed by atoms with Crippen LogP contribution >= 0.6 is 0 Å². The van der Waals surface area contributed by atoms with Crippen LogP contribution < -0.4 is 5.32 Å². The first-order chi connectivity index (χ1) is 12.6. The number of benzene rings is 2. The molecule has 0 saturated carbocycles. The molecule has 1 aromatic heterocycles. The second-order valence-corrected chi connectivity index (χ2v) is 5.94. The first kappa shape index (κ1) is 17.9. The summed E-state index contributed by atoms with van der Waals surface area (Å²) in [6.45, 7) is 1.63. The van der Waals surface area contributed by atoms with Gasteiger partial charge >= 0.3 is 6.09 Å². The van der Waals surface area contributed by atoms with E-state index >= 15 is 0 Å². The number of anilines is 1. The fraction of sp³-hybridized carbons (Fsp3) is 0.263. The highest BCUT2D eigenvalue weighted by molar-refractivity contribution is 5.89. The van der Waals surface area contributed by atoms with Crippen molar-refractivity contribution in [3.8, 4) is 0 Å². The Morgan fingerprint density at radius 3 is 2.62 bits per heavy atom. The third kappa shape index (κ3) is 3.84. The van der Waals surface area contributed by atoms with Gasteiger partial charge in [0.1, 0.15) is 12.4 Å². The Morgan fingerprint density at radius 1 is 1.19 bits per heavy atom. The van der Waals surface area contributed by atoms with Crippen LogP contribution in [0.3, 0.4) is 0 Å². The van der Waals surface area contributed by atoms with E-state index in [1.165, 1.54) is 0 Å². The number of aliphatic hydroxyl groups excluding tert-OH is 2. The van der Waals surface area contributed by atoms with E-state index in [1.54, 1.807) is 29.7 Å². The molecule has 0 aliphatic heterocycles. The van der Waals surface area contributed by atoms with Crippen LogP contribution in [0.5, 0.6) is 0 Å². The standard InChI is InChI=1S/C19H21N3O4/c1-13-20-17-9-15(7-8-18(17)22(13)16(10-23)11-24)21-19(25)26-12-14-5-3-2-4-6-14/h2-9,16,23-24H,10-12H2,1H3,(H,21,25). The number of carbonyl (C=O) groups excluding carboxylic acids is 1. The van der Waals surface area contributed by atoms with E-state index < -0.39 is 12.1 Å². The predicted octanol–water partition coefficient (Wildman–Crippen LogP) is 2.62. The molecular formula is C19H21N3O4. The molecule has 0 unspecified atom stereocenters. The average Bonchev–Trinajstić information content (AvgIpc) is 2.97. The van der Waals surface area contributed by atoms with Crippen LogP contribution in [0.15, 0.2) is 48.5 Å². The Labute approximate surface area is 150 Å². The Kier molecular flexibility index (Phi) is 5.50. The molecule has 0 radical (unpaired) electrons. The third-order valence-electron chi connectivity index (χ3n) is 4.11. The second kappa shape index (κ2) is 7.99. The number of fused-ring (bicyclic) bond motifs is 1. The first-order valence-corrected chi connectivity index (χ1v) is 8.30. The number of amides is 1. The number of imidazole rings is 1. The summed E-state index contributed by atoms with van der Waals surface area (Å²) in [5, 5.41) is 21.5. The minimum Gasteiger partial charge on any atom is -0.444 e. The van der Waals surface area contributed by atoms with Crippen molar-refractivity contribution in [2.45, 2.75) is 19.6 Å². The van der Waals surface area contributed by atoms with E-state index in [0.29, 0.717) is 17.0 Å². The van der Waals surface area contributed by atoms with Crippen molar-refractivity contribution in [3.05, 3.63) is 59.9 Å². The molecule has 7 heteroatoms. The highest BCUT2D eigenvalue weighted by Crippen LogP contribution is 2.24. The Hall–Kier alpha value is -2.90. The van der Waals surface area contributed by atoms with Crippen LogP contribution in [0.2, 0.25) is 0 Å². The smallest absolute Gasteiger partial charge is 0.411 e. The number of hydrogen-bond acceptors (Lipinski definition) is 5. The van der Waals surface area contributed by atoms with E-state index in [1.807, 2.05) is 30.3 Å². The zero-order chi connectivity index (χ0) is 18.5. The quantitative estimate of drug-likeness (QED) is 0.632. The van der Waals surface area contributed by atoms with Crippen molar-refractivity contribution < 1.29 is 19.7 Å². The molecule has 1 amide bonds. The molecule has 1 heterocycles. The number of aromatic nitrogens is 2. The van der Waals surface area contributed by atoms with E-state index in [4.69, 9.17) is 4.74 Å². The highest BCUT2D eigenvalue weighted by Gasteiger charge is 2.16. The van der Waals surface area contributed by atoms with Gasteiger partial charge in [-0.05, 0) is 30.7 Å². The van der Waals surface area contributed by atoms with Gasteiger partial charge in [-0.3, -0.25) is 5.32 Å². The average molecular weight is 355 g/mol. The highest BCUT2D eigenvalue weighted by atomic mass is 16.5. The van der Waals surface area contributed by atoms with Crippen molar-refractivity contribution in [2.24, 2.45) is 0 Å². The van der Waals surface area contributed by atoms with E-state index in [0.717, 1.165) is 11.1 Å². The van der Waals surface area contributed by atoms with Gasteiger partial charge in [0.05, 0.1) is 30.3 Å². The molecule has 3 N–H and O–H groups in total. The van der Waals surface area contributed by atoms with Crippen molar-refractivity contribution in [2.75, 3.05) is 18.5 Å². The van der Waals surface area contributed by atoms with Crippen LogP contribution in [0.25, 0.3) is 11.0 Å². The number of rotatable bonds is 6. The lowest BCUT2D eigenvalue weighted by atomic mass is 10.2. The van der Waals surface area contributed by atoms with Gasteiger partial charge in [0.25, 0.3) is 0 Å². The normalized spacial score (nSPS) is 11.1. The van der Waals surface area contributed by atoms with Crippen molar-refractivity contribution in [1.82, 2.24) is 9.55 Å². The maximum Gasteiger partial charge on any atom is 0.411 e. The van der Waals surface area contributed by atoms with Gasteiger partial charge in [-0.15, -0.1) is 0 Å². The van der Waals surface area contributed by atoms with Crippen LogP contribution in [0, 0.1) is 6.92 Å². The molecule has 0 atom stereocenters. The number of aliphatic hydroxyl groups is 2. The summed E-state index contributed by atoms with van der Waals surface area (Å²) in [6, 6.07) is 14.2. The topological polar surface area (TPSA) is 96.6 Å². The minimum absolute atomic E-state index is 0.186. The number of nitrogens with one attached hydrogen (secondary N) is 1. The lowest BCUT2D eigenvalue weighted by Gasteiger charge is -2.16. The van der Waals surface area contributed by atoms with Crippen LogP contribution in [-0.4, -0.2) is 39.1 Å². The molecule has 0 fully saturated rings. The maximum atomic E-state index is 12.0. The fourth-order valence-electron chi connectivity index (χ4n) is 2.86. The molecule has 0 aliphatic carbocycles. The summed E-state index contributed by atoms with van der Waals surface area (Å²) >= 11 is 0. The number of carbonyl (C=O) groups is 1. The zero-order valence-electron chi connectivity index (χ0n) is 14.4. The van der Waals surface area contributed by atoms with Gasteiger partial charge < -0.3 is 19.5 Å². The first-order valence-electron chi connectivity index (χ1n) is 8.30. The van der Waals surface area contributed by atoms with E-state index in [2.05, 4.69) is 10.3 Å². The molecule has 0 aliphatic rings. The number of ether oxygens (including phenoxy) is 1. The largest absolute Gasteiger partial charge is 0.444 e. The summed E-state index contributed by atoms with van der Waals surface area (Å²) in [6.07, 6.45) is -0.548. The molecule has 26 heavy (non-hydrogen) atoms. The van der Waals surface area contributed by atoms with E-state index in [9.17, 15) is 15.0 Å². The Morgan fingerprint density at radius 2 is 1.92 bits per heavy atom. The molecule has 0 bridgehead atoms. The molecule has 0 spiro atoms. The number of hydrogen-bond donors (Lipinski definition) is 3. The van der Waals surface area contributed by atoms with Crippen molar-refractivity contribution >= 4 is 22.8 Å². The fourth-order valence-corrected chi connectivity index (χ4v) is 2.86.